The standard InChI is InChI=1S/C19H18FN5O/c1-3-16-14-8-15(20)17(26-2)7-12(14)11-25(16)13-9-23-19(24-10-13)18-21-5-4-6-22-18/h4-10,16H,3,11H2,1-2H3. The first-order chi connectivity index (χ1) is 12.7. The van der Waals surface area contributed by atoms with Gasteiger partial charge in [-0.25, -0.2) is 24.3 Å². The molecule has 132 valence electrons. The molecule has 1 unspecified atom stereocenters. The minimum absolute atomic E-state index is 0.0767. The fourth-order valence-corrected chi connectivity index (χ4v) is 3.39. The summed E-state index contributed by atoms with van der Waals surface area (Å²) in [6, 6.07) is 5.18. The molecule has 0 N–H and O–H groups in total. The van der Waals surface area contributed by atoms with E-state index in [-0.39, 0.29) is 17.6 Å². The molecule has 26 heavy (non-hydrogen) atoms. The SMILES string of the molecule is CCC1c2cc(F)c(OC)cc2CN1c1cnc(-c2ncccn2)nc1. The van der Waals surface area contributed by atoms with Crippen LogP contribution in [0.25, 0.3) is 11.6 Å². The van der Waals surface area contributed by atoms with Gasteiger partial charge in [-0.3, -0.25) is 0 Å². The Morgan fingerprint density at radius 2 is 1.81 bits per heavy atom. The monoisotopic (exact) mass is 351 g/mol. The molecule has 0 saturated heterocycles. The summed E-state index contributed by atoms with van der Waals surface area (Å²) >= 11 is 0. The van der Waals surface area contributed by atoms with E-state index in [1.165, 1.54) is 7.11 Å². The van der Waals surface area contributed by atoms with E-state index in [1.807, 2.05) is 0 Å². The Bertz CT molecular complexity index is 917. The zero-order valence-corrected chi connectivity index (χ0v) is 14.6. The topological polar surface area (TPSA) is 64.0 Å². The summed E-state index contributed by atoms with van der Waals surface area (Å²) in [6.45, 7) is 2.75. The number of nitrogens with zero attached hydrogens (tertiary/aromatic N) is 5. The van der Waals surface area contributed by atoms with Crippen molar-refractivity contribution in [2.75, 3.05) is 12.0 Å². The maximum absolute atomic E-state index is 14.1. The van der Waals surface area contributed by atoms with Crippen LogP contribution in [-0.4, -0.2) is 27.0 Å². The smallest absolute Gasteiger partial charge is 0.197 e. The molecule has 1 aromatic carbocycles. The quantitative estimate of drug-likeness (QED) is 0.716. The van der Waals surface area contributed by atoms with Crippen molar-refractivity contribution in [1.82, 2.24) is 19.9 Å². The van der Waals surface area contributed by atoms with Gasteiger partial charge in [-0.2, -0.15) is 0 Å². The van der Waals surface area contributed by atoms with Gasteiger partial charge in [0.1, 0.15) is 0 Å². The Balaban J connectivity index is 1.65. The van der Waals surface area contributed by atoms with Crippen molar-refractivity contribution in [3.05, 3.63) is 59.9 Å². The van der Waals surface area contributed by atoms with Gasteiger partial charge in [-0.1, -0.05) is 6.92 Å². The normalized spacial score (nSPS) is 15.8. The van der Waals surface area contributed by atoms with E-state index in [9.17, 15) is 4.39 Å². The van der Waals surface area contributed by atoms with Gasteiger partial charge in [-0.15, -0.1) is 0 Å². The molecule has 7 heteroatoms. The Morgan fingerprint density at radius 3 is 2.46 bits per heavy atom. The molecule has 1 aliphatic heterocycles. The van der Waals surface area contributed by atoms with Gasteiger partial charge in [0.05, 0.1) is 31.2 Å². The summed E-state index contributed by atoms with van der Waals surface area (Å²) < 4.78 is 19.3. The fourth-order valence-electron chi connectivity index (χ4n) is 3.39. The van der Waals surface area contributed by atoms with Crippen LogP contribution in [0.5, 0.6) is 5.75 Å². The van der Waals surface area contributed by atoms with Gasteiger partial charge in [0, 0.05) is 18.9 Å². The predicted molar refractivity (Wildman–Crippen MR) is 95.2 cm³/mol. The minimum atomic E-state index is -0.334. The third kappa shape index (κ3) is 2.75. The number of anilines is 1. The van der Waals surface area contributed by atoms with Crippen LogP contribution in [0.4, 0.5) is 10.1 Å². The molecule has 0 spiro atoms. The second-order valence-electron chi connectivity index (χ2n) is 6.07. The third-order valence-corrected chi connectivity index (χ3v) is 4.61. The first-order valence-corrected chi connectivity index (χ1v) is 8.43. The number of halogens is 1. The number of benzene rings is 1. The number of ether oxygens (including phenoxy) is 1. The van der Waals surface area contributed by atoms with Gasteiger partial charge in [0.2, 0.25) is 0 Å². The van der Waals surface area contributed by atoms with Crippen LogP contribution in [0.1, 0.15) is 30.5 Å². The molecule has 0 saturated carbocycles. The van der Waals surface area contributed by atoms with E-state index >= 15 is 0 Å². The average molecular weight is 351 g/mol. The van der Waals surface area contributed by atoms with Crippen LogP contribution in [0.3, 0.4) is 0 Å². The molecule has 0 aliphatic carbocycles. The highest BCUT2D eigenvalue weighted by Gasteiger charge is 2.31. The van der Waals surface area contributed by atoms with Crippen molar-refractivity contribution in [1.29, 1.82) is 0 Å². The fraction of sp³-hybridized carbons (Fsp3) is 0.263. The molecule has 2 aromatic heterocycles. The van der Waals surface area contributed by atoms with Crippen molar-refractivity contribution >= 4 is 5.69 Å². The lowest BCUT2D eigenvalue weighted by Crippen LogP contribution is -2.21. The Kier molecular flexibility index (Phi) is 4.20. The second kappa shape index (κ2) is 6.67. The van der Waals surface area contributed by atoms with Gasteiger partial charge >= 0.3 is 0 Å². The minimum Gasteiger partial charge on any atom is -0.494 e. The molecule has 6 nitrogen and oxygen atoms in total. The van der Waals surface area contributed by atoms with E-state index in [0.717, 1.165) is 23.2 Å². The van der Waals surface area contributed by atoms with Crippen molar-refractivity contribution in [2.45, 2.75) is 25.9 Å². The summed E-state index contributed by atoms with van der Waals surface area (Å²) in [5.41, 5.74) is 2.93. The van der Waals surface area contributed by atoms with Crippen molar-refractivity contribution in [3.63, 3.8) is 0 Å². The number of rotatable bonds is 4. The van der Waals surface area contributed by atoms with Gasteiger partial charge in [0.25, 0.3) is 0 Å². The number of fused-ring (bicyclic) bond motifs is 1. The first kappa shape index (κ1) is 16.4. The van der Waals surface area contributed by atoms with Crippen molar-refractivity contribution in [3.8, 4) is 17.4 Å². The summed E-state index contributed by atoms with van der Waals surface area (Å²) in [4.78, 5) is 19.3. The van der Waals surface area contributed by atoms with Crippen LogP contribution < -0.4 is 9.64 Å². The highest BCUT2D eigenvalue weighted by Crippen LogP contribution is 2.41. The highest BCUT2D eigenvalue weighted by molar-refractivity contribution is 5.56. The summed E-state index contributed by atoms with van der Waals surface area (Å²) in [5.74, 6) is 0.905. The molecular formula is C19H18FN5O. The average Bonchev–Trinajstić information content (AvgIpc) is 3.05. The van der Waals surface area contributed by atoms with E-state index in [0.29, 0.717) is 18.2 Å². The van der Waals surface area contributed by atoms with E-state index in [2.05, 4.69) is 31.8 Å². The Hall–Kier alpha value is -3.09. The highest BCUT2D eigenvalue weighted by atomic mass is 19.1. The molecule has 3 heterocycles. The van der Waals surface area contributed by atoms with E-state index in [1.54, 1.807) is 43.0 Å². The lowest BCUT2D eigenvalue weighted by Gasteiger charge is -2.25. The van der Waals surface area contributed by atoms with E-state index < -0.39 is 0 Å². The van der Waals surface area contributed by atoms with Crippen LogP contribution >= 0.6 is 0 Å². The molecule has 1 aliphatic rings. The molecule has 0 fully saturated rings. The second-order valence-corrected chi connectivity index (χ2v) is 6.07. The molecule has 0 bridgehead atoms. The molecule has 0 radical (unpaired) electrons. The Morgan fingerprint density at radius 1 is 1.12 bits per heavy atom. The molecule has 3 aromatic rings. The maximum atomic E-state index is 14.1. The number of methoxy groups -OCH3 is 1. The largest absolute Gasteiger partial charge is 0.494 e. The van der Waals surface area contributed by atoms with Crippen LogP contribution in [0.2, 0.25) is 0 Å². The molecular weight excluding hydrogens is 333 g/mol. The molecule has 0 amide bonds. The van der Waals surface area contributed by atoms with Crippen molar-refractivity contribution < 1.29 is 9.13 Å². The lowest BCUT2D eigenvalue weighted by atomic mass is 10.0. The summed E-state index contributed by atoms with van der Waals surface area (Å²) in [6.07, 6.45) is 7.70. The number of hydrogen-bond donors (Lipinski definition) is 0. The van der Waals surface area contributed by atoms with Gasteiger partial charge in [-0.05, 0) is 35.7 Å². The lowest BCUT2D eigenvalue weighted by molar-refractivity contribution is 0.385. The predicted octanol–water partition coefficient (Wildman–Crippen LogP) is 3.55. The number of aromatic nitrogens is 4. The zero-order valence-electron chi connectivity index (χ0n) is 14.6. The Labute approximate surface area is 150 Å². The zero-order chi connectivity index (χ0) is 18.1. The molecule has 4 rings (SSSR count). The first-order valence-electron chi connectivity index (χ1n) is 8.43. The number of hydrogen-bond acceptors (Lipinski definition) is 6. The third-order valence-electron chi connectivity index (χ3n) is 4.61. The van der Waals surface area contributed by atoms with Crippen LogP contribution in [0, 0.1) is 5.82 Å². The summed E-state index contributed by atoms with van der Waals surface area (Å²) in [7, 11) is 1.48. The molecule has 1 atom stereocenters. The van der Waals surface area contributed by atoms with Crippen LogP contribution in [0.15, 0.2) is 43.0 Å². The summed E-state index contributed by atoms with van der Waals surface area (Å²) in [5, 5.41) is 0. The van der Waals surface area contributed by atoms with Gasteiger partial charge < -0.3 is 9.64 Å². The van der Waals surface area contributed by atoms with Gasteiger partial charge in [0.15, 0.2) is 23.2 Å². The van der Waals surface area contributed by atoms with Crippen LogP contribution in [-0.2, 0) is 6.54 Å². The van der Waals surface area contributed by atoms with Crippen molar-refractivity contribution in [2.24, 2.45) is 0 Å². The van der Waals surface area contributed by atoms with E-state index in [4.69, 9.17) is 4.74 Å². The maximum Gasteiger partial charge on any atom is 0.197 e.